The summed E-state index contributed by atoms with van der Waals surface area (Å²) in [5.41, 5.74) is 0.676. The molecule has 0 bridgehead atoms. The number of fused-ring (bicyclic) bond motifs is 3. The summed E-state index contributed by atoms with van der Waals surface area (Å²) in [6, 6.07) is 3.36. The second-order valence-corrected chi connectivity index (χ2v) is 9.52. The van der Waals surface area contributed by atoms with Crippen LogP contribution in [-0.4, -0.2) is 91.7 Å². The van der Waals surface area contributed by atoms with E-state index in [-0.39, 0.29) is 16.6 Å². The lowest BCUT2D eigenvalue weighted by molar-refractivity contribution is 0.0357. The molecule has 14 nitrogen and oxygen atoms in total. The number of rotatable bonds is 8. The molecule has 3 N–H and O–H groups in total. The van der Waals surface area contributed by atoms with Crippen LogP contribution < -0.4 is 35.8 Å². The first-order valence-electron chi connectivity index (χ1n) is 12.5. The number of carbonyl (C=O) groups is 2. The van der Waals surface area contributed by atoms with Crippen LogP contribution in [0.15, 0.2) is 22.5 Å². The summed E-state index contributed by atoms with van der Waals surface area (Å²) >= 11 is 1.11. The zero-order chi connectivity index (χ0) is 27.2. The molecule has 4 heterocycles. The molecule has 208 valence electrons. The van der Waals surface area contributed by atoms with Crippen LogP contribution in [0, 0.1) is 0 Å². The number of anilines is 2. The zero-order valence-electron chi connectivity index (χ0n) is 21.7. The quantitative estimate of drug-likeness (QED) is 0.349. The number of hydrogen-bond acceptors (Lipinski definition) is 11. The number of hydrogen-bond donors (Lipinski definition) is 3. The molecule has 0 atom stereocenters. The fourth-order valence-electron chi connectivity index (χ4n) is 4.36. The highest BCUT2D eigenvalue weighted by Crippen LogP contribution is 2.37. The maximum atomic E-state index is 12.7. The van der Waals surface area contributed by atoms with Crippen molar-refractivity contribution in [1.82, 2.24) is 24.8 Å². The van der Waals surface area contributed by atoms with E-state index >= 15 is 0 Å². The molecule has 0 radical (unpaired) electrons. The van der Waals surface area contributed by atoms with Crippen molar-refractivity contribution in [3.63, 3.8) is 0 Å². The van der Waals surface area contributed by atoms with E-state index in [4.69, 9.17) is 18.9 Å². The third-order valence-corrected chi connectivity index (χ3v) is 6.94. The van der Waals surface area contributed by atoms with Crippen LogP contribution >= 0.6 is 11.3 Å². The van der Waals surface area contributed by atoms with Crippen LogP contribution in [0.2, 0.25) is 0 Å². The lowest BCUT2D eigenvalue weighted by Gasteiger charge is -2.26. The second-order valence-electron chi connectivity index (χ2n) is 8.66. The lowest BCUT2D eigenvalue weighted by atomic mass is 10.2. The molecule has 5 rings (SSSR count). The third-order valence-electron chi connectivity index (χ3n) is 6.20. The van der Waals surface area contributed by atoms with Gasteiger partial charge in [0, 0.05) is 45.2 Å². The summed E-state index contributed by atoms with van der Waals surface area (Å²) in [5, 5.41) is 10.9. The first-order valence-corrected chi connectivity index (χ1v) is 13.4. The van der Waals surface area contributed by atoms with Gasteiger partial charge in [-0.05, 0) is 18.6 Å². The van der Waals surface area contributed by atoms with Crippen LogP contribution in [0.3, 0.4) is 0 Å². The van der Waals surface area contributed by atoms with Crippen molar-refractivity contribution in [2.24, 2.45) is 4.99 Å². The molecule has 2 aliphatic heterocycles. The van der Waals surface area contributed by atoms with E-state index in [0.717, 1.165) is 61.8 Å². The molecular formula is C24H30N8O6S. The number of benzene rings is 1. The molecule has 0 saturated carbocycles. The topological polar surface area (TPSA) is 153 Å². The Morgan fingerprint density at radius 1 is 1.23 bits per heavy atom. The number of nitrogens with one attached hydrogen (secondary N) is 3. The van der Waals surface area contributed by atoms with Gasteiger partial charge in [-0.25, -0.2) is 14.6 Å². The Morgan fingerprint density at radius 2 is 2.08 bits per heavy atom. The zero-order valence-corrected chi connectivity index (χ0v) is 22.5. The number of nitrogens with zero attached hydrogens (tertiary/aromatic N) is 5. The summed E-state index contributed by atoms with van der Waals surface area (Å²) in [6.07, 6.45) is -0.0330. The van der Waals surface area contributed by atoms with Gasteiger partial charge in [-0.15, -0.1) is 16.3 Å². The van der Waals surface area contributed by atoms with E-state index in [2.05, 4.69) is 35.8 Å². The minimum Gasteiger partial charge on any atom is -0.491 e. The van der Waals surface area contributed by atoms with Crippen LogP contribution in [0.1, 0.15) is 6.42 Å². The van der Waals surface area contributed by atoms with Gasteiger partial charge in [-0.2, -0.15) is 4.98 Å². The van der Waals surface area contributed by atoms with Crippen molar-refractivity contribution in [3.8, 4) is 17.4 Å². The average molecular weight is 559 g/mol. The number of carbonyl (C=O) groups excluding carboxylic acids is 2. The van der Waals surface area contributed by atoms with Crippen molar-refractivity contribution >= 4 is 45.3 Å². The molecule has 1 aromatic carbocycles. The first-order chi connectivity index (χ1) is 19.1. The second kappa shape index (κ2) is 12.3. The van der Waals surface area contributed by atoms with Crippen molar-refractivity contribution < 1.29 is 28.5 Å². The minimum atomic E-state index is -0.894. The molecule has 39 heavy (non-hydrogen) atoms. The molecule has 15 heteroatoms. The fraction of sp³-hybridized carbons (Fsp3) is 0.458. The van der Waals surface area contributed by atoms with Gasteiger partial charge in [-0.3, -0.25) is 14.8 Å². The normalized spacial score (nSPS) is 15.5. The fourth-order valence-corrected chi connectivity index (χ4v) is 4.96. The monoisotopic (exact) mass is 558 g/mol. The number of thiazole rings is 1. The predicted molar refractivity (Wildman–Crippen MR) is 144 cm³/mol. The standard InChI is InChI=1S/C24H30N8O6S/c1-25-22(33)30-23-27-17(14-39-23)38-24(34)29-21-28-18-15(20-26-6-8-32(20)21)4-5-16(19(18)35-2)37-11-3-7-31-9-12-36-13-10-31/h4-5,14,26H,3,6-13H2,1-2H3,(H2,25,27,30,33). The van der Waals surface area contributed by atoms with E-state index < -0.39 is 12.1 Å². The molecule has 3 amide bonds. The van der Waals surface area contributed by atoms with Crippen LogP contribution in [0.25, 0.3) is 10.9 Å². The highest BCUT2D eigenvalue weighted by atomic mass is 32.1. The molecule has 0 unspecified atom stereocenters. The van der Waals surface area contributed by atoms with Gasteiger partial charge in [-0.1, -0.05) is 0 Å². The van der Waals surface area contributed by atoms with Gasteiger partial charge in [0.05, 0.1) is 32.3 Å². The molecule has 2 aromatic heterocycles. The van der Waals surface area contributed by atoms with E-state index in [0.29, 0.717) is 36.7 Å². The molecule has 2 aliphatic rings. The predicted octanol–water partition coefficient (Wildman–Crippen LogP) is 1.88. The Bertz CT molecular complexity index is 1420. The summed E-state index contributed by atoms with van der Waals surface area (Å²) < 4.78 is 24.3. The van der Waals surface area contributed by atoms with E-state index in [1.165, 1.54) is 12.4 Å². The van der Waals surface area contributed by atoms with E-state index in [1.54, 1.807) is 7.11 Å². The Labute approximate surface area is 227 Å². The van der Waals surface area contributed by atoms with Gasteiger partial charge in [0.2, 0.25) is 11.5 Å². The van der Waals surface area contributed by atoms with Gasteiger partial charge in [0.15, 0.2) is 16.6 Å². The van der Waals surface area contributed by atoms with Crippen LogP contribution in [0.4, 0.5) is 20.5 Å². The Balaban J connectivity index is 1.36. The Hall–Kier alpha value is -3.95. The van der Waals surface area contributed by atoms with Crippen molar-refractivity contribution in [3.05, 3.63) is 23.1 Å². The largest absolute Gasteiger partial charge is 0.491 e. The van der Waals surface area contributed by atoms with Gasteiger partial charge < -0.3 is 29.6 Å². The van der Waals surface area contributed by atoms with Crippen LogP contribution in [0.5, 0.6) is 17.4 Å². The van der Waals surface area contributed by atoms with Crippen molar-refractivity contribution in [1.29, 1.82) is 0 Å². The number of aromatic nitrogens is 3. The molecular weight excluding hydrogens is 528 g/mol. The maximum Gasteiger partial charge on any atom is 0.443 e. The van der Waals surface area contributed by atoms with Crippen LogP contribution in [-0.2, 0) is 11.3 Å². The first kappa shape index (κ1) is 26.6. The molecule has 0 spiro atoms. The summed E-state index contributed by atoms with van der Waals surface area (Å²) in [7, 11) is 3.05. The highest BCUT2D eigenvalue weighted by molar-refractivity contribution is 7.14. The third kappa shape index (κ3) is 6.21. The lowest BCUT2D eigenvalue weighted by Crippen LogP contribution is -2.37. The molecule has 0 aliphatic carbocycles. The number of methoxy groups -OCH3 is 1. The Kier molecular flexibility index (Phi) is 8.39. The molecule has 3 aromatic rings. The number of urea groups is 1. The van der Waals surface area contributed by atoms with E-state index in [9.17, 15) is 9.59 Å². The summed E-state index contributed by atoms with van der Waals surface area (Å²) in [6.45, 7) is 6.08. The number of ether oxygens (including phenoxy) is 4. The maximum absolute atomic E-state index is 12.7. The molecule has 1 saturated heterocycles. The smallest absolute Gasteiger partial charge is 0.443 e. The SMILES string of the molecule is CNC(=O)Nc1nc(OC(=O)N=c2nc3c(OC)c(OCCCN4CCOCC4)ccc3c3n2CCN3)cs1. The van der Waals surface area contributed by atoms with Gasteiger partial charge >= 0.3 is 12.1 Å². The number of morpholine rings is 1. The summed E-state index contributed by atoms with van der Waals surface area (Å²) in [5.74, 6) is 1.82. The molecule has 1 fully saturated rings. The van der Waals surface area contributed by atoms with Crippen molar-refractivity contribution in [2.45, 2.75) is 13.0 Å². The summed E-state index contributed by atoms with van der Waals surface area (Å²) in [4.78, 5) is 39.3. The Morgan fingerprint density at radius 3 is 2.87 bits per heavy atom. The van der Waals surface area contributed by atoms with E-state index in [1.807, 2.05) is 16.7 Å². The van der Waals surface area contributed by atoms with Crippen molar-refractivity contribution in [2.75, 3.05) is 70.8 Å². The highest BCUT2D eigenvalue weighted by Gasteiger charge is 2.21. The number of amides is 3. The van der Waals surface area contributed by atoms with Gasteiger partial charge in [0.25, 0.3) is 0 Å². The average Bonchev–Trinajstić information content (AvgIpc) is 3.61. The van der Waals surface area contributed by atoms with Gasteiger partial charge in [0.1, 0.15) is 11.3 Å². The minimum absolute atomic E-state index is 0.0195.